The Morgan fingerprint density at radius 1 is 1.32 bits per heavy atom. The van der Waals surface area contributed by atoms with Crippen molar-refractivity contribution in [3.63, 3.8) is 0 Å². The normalized spacial score (nSPS) is 10.6. The fourth-order valence-corrected chi connectivity index (χ4v) is 1.89. The number of nitrogens with zero attached hydrogens (tertiary/aromatic N) is 3. The number of pyridine rings is 1. The molecule has 0 aliphatic carbocycles. The van der Waals surface area contributed by atoms with Crippen LogP contribution in [0.1, 0.15) is 29.0 Å². The first kappa shape index (κ1) is 14.0. The van der Waals surface area contributed by atoms with Gasteiger partial charge in [0, 0.05) is 24.0 Å². The Morgan fingerprint density at radius 3 is 2.91 bits per heavy atom. The van der Waals surface area contributed by atoms with Crippen LogP contribution in [-0.4, -0.2) is 27.7 Å². The van der Waals surface area contributed by atoms with Crippen LogP contribution in [0.25, 0.3) is 11.3 Å². The lowest BCUT2D eigenvalue weighted by Crippen LogP contribution is -2.05. The van der Waals surface area contributed by atoms with Gasteiger partial charge in [-0.15, -0.1) is 0 Å². The predicted octanol–water partition coefficient (Wildman–Crippen LogP) is 2.49. The first-order chi connectivity index (χ1) is 10.8. The fraction of sp³-hybridized carbons (Fsp3) is 0.200. The largest absolute Gasteiger partial charge is 0.461 e. The Hall–Kier alpha value is -2.96. The average Bonchev–Trinajstić information content (AvgIpc) is 3.18. The molecule has 0 amide bonds. The predicted molar refractivity (Wildman–Crippen MR) is 75.0 cm³/mol. The fourth-order valence-electron chi connectivity index (χ4n) is 1.89. The van der Waals surface area contributed by atoms with E-state index in [1.54, 1.807) is 25.4 Å². The van der Waals surface area contributed by atoms with Gasteiger partial charge in [-0.1, -0.05) is 5.16 Å². The molecule has 0 N–H and O–H groups in total. The lowest BCUT2D eigenvalue weighted by molar-refractivity contribution is 0.0519. The first-order valence-corrected chi connectivity index (χ1v) is 6.73. The highest BCUT2D eigenvalue weighted by molar-refractivity contribution is 5.86. The van der Waals surface area contributed by atoms with Crippen molar-refractivity contribution < 1.29 is 18.5 Å². The highest BCUT2D eigenvalue weighted by atomic mass is 16.5. The van der Waals surface area contributed by atoms with Crippen LogP contribution in [0.2, 0.25) is 0 Å². The Kier molecular flexibility index (Phi) is 3.95. The van der Waals surface area contributed by atoms with E-state index in [9.17, 15) is 4.79 Å². The van der Waals surface area contributed by atoms with E-state index in [0.717, 1.165) is 5.56 Å². The number of oxazole rings is 1. The van der Waals surface area contributed by atoms with E-state index in [4.69, 9.17) is 13.7 Å². The summed E-state index contributed by atoms with van der Waals surface area (Å²) in [6.07, 6.45) is 4.96. The number of esters is 1. The smallest absolute Gasteiger partial charge is 0.360 e. The third-order valence-corrected chi connectivity index (χ3v) is 2.89. The molecule has 0 radical (unpaired) electrons. The molecular weight excluding hydrogens is 286 g/mol. The number of carbonyl (C=O) groups is 1. The molecule has 0 aromatic carbocycles. The topological polar surface area (TPSA) is 91.2 Å². The number of hydrogen-bond donors (Lipinski definition) is 0. The van der Waals surface area contributed by atoms with Gasteiger partial charge in [0.25, 0.3) is 0 Å². The molecule has 0 spiro atoms. The highest BCUT2D eigenvalue weighted by Gasteiger charge is 2.15. The summed E-state index contributed by atoms with van der Waals surface area (Å²) >= 11 is 0. The number of carbonyl (C=O) groups excluding carboxylic acids is 1. The Morgan fingerprint density at radius 2 is 2.14 bits per heavy atom. The molecule has 0 atom stereocenters. The molecule has 3 rings (SSSR count). The number of ether oxygens (including phenoxy) is 1. The molecule has 0 saturated carbocycles. The van der Waals surface area contributed by atoms with E-state index in [0.29, 0.717) is 30.4 Å². The molecule has 0 aliphatic rings. The molecule has 3 heterocycles. The van der Waals surface area contributed by atoms with Crippen LogP contribution in [0.5, 0.6) is 0 Å². The van der Waals surface area contributed by atoms with Crippen molar-refractivity contribution in [2.75, 3.05) is 6.61 Å². The summed E-state index contributed by atoms with van der Waals surface area (Å²) in [7, 11) is 0. The van der Waals surface area contributed by atoms with Gasteiger partial charge in [0.05, 0.1) is 18.7 Å². The van der Waals surface area contributed by atoms with Crippen LogP contribution in [-0.2, 0) is 11.2 Å². The third kappa shape index (κ3) is 3.03. The van der Waals surface area contributed by atoms with Crippen molar-refractivity contribution in [1.82, 2.24) is 15.1 Å². The minimum absolute atomic E-state index is 0.148. The molecule has 0 fully saturated rings. The van der Waals surface area contributed by atoms with Crippen molar-refractivity contribution >= 4 is 5.97 Å². The van der Waals surface area contributed by atoms with Crippen LogP contribution < -0.4 is 0 Å². The average molecular weight is 299 g/mol. The van der Waals surface area contributed by atoms with Crippen LogP contribution in [0.15, 0.2) is 45.8 Å². The Labute approximate surface area is 125 Å². The molecule has 0 saturated heterocycles. The zero-order valence-corrected chi connectivity index (χ0v) is 11.9. The Bertz CT molecular complexity index is 764. The van der Waals surface area contributed by atoms with Crippen LogP contribution in [0.3, 0.4) is 0 Å². The standard InChI is InChI=1S/C15H13N3O4/c1-2-20-15(19)12-9-21-14(17-12)8-11-7-13(22-18-11)10-3-5-16-6-4-10/h3-7,9H,2,8H2,1H3. The number of rotatable bonds is 5. The van der Waals surface area contributed by atoms with Gasteiger partial charge in [-0.3, -0.25) is 4.98 Å². The summed E-state index contributed by atoms with van der Waals surface area (Å²) in [5.41, 5.74) is 1.69. The van der Waals surface area contributed by atoms with Crippen LogP contribution >= 0.6 is 0 Å². The van der Waals surface area contributed by atoms with Gasteiger partial charge >= 0.3 is 5.97 Å². The van der Waals surface area contributed by atoms with E-state index in [1.807, 2.05) is 12.1 Å². The van der Waals surface area contributed by atoms with Gasteiger partial charge in [0.15, 0.2) is 11.5 Å². The number of hydrogen-bond acceptors (Lipinski definition) is 7. The summed E-state index contributed by atoms with van der Waals surface area (Å²) in [5, 5.41) is 3.97. The lowest BCUT2D eigenvalue weighted by Gasteiger charge is -1.94. The second-order valence-electron chi connectivity index (χ2n) is 4.44. The molecule has 3 aromatic heterocycles. The van der Waals surface area contributed by atoms with E-state index in [2.05, 4.69) is 15.1 Å². The molecule has 0 unspecified atom stereocenters. The van der Waals surface area contributed by atoms with Crippen LogP contribution in [0, 0.1) is 0 Å². The summed E-state index contributed by atoms with van der Waals surface area (Å²) in [6.45, 7) is 2.02. The quantitative estimate of drug-likeness (QED) is 0.668. The van der Waals surface area contributed by atoms with Gasteiger partial charge in [-0.05, 0) is 19.1 Å². The summed E-state index contributed by atoms with van der Waals surface area (Å²) < 4.78 is 15.4. The van der Waals surface area contributed by atoms with Gasteiger partial charge < -0.3 is 13.7 Å². The lowest BCUT2D eigenvalue weighted by atomic mass is 10.2. The second-order valence-corrected chi connectivity index (χ2v) is 4.44. The Balaban J connectivity index is 1.72. The summed E-state index contributed by atoms with van der Waals surface area (Å²) in [4.78, 5) is 19.5. The maximum Gasteiger partial charge on any atom is 0.360 e. The molecular formula is C15H13N3O4. The maximum absolute atomic E-state index is 11.5. The van der Waals surface area contributed by atoms with E-state index < -0.39 is 5.97 Å². The maximum atomic E-state index is 11.5. The molecule has 112 valence electrons. The van der Waals surface area contributed by atoms with E-state index in [-0.39, 0.29) is 5.69 Å². The van der Waals surface area contributed by atoms with Crippen molar-refractivity contribution in [3.05, 3.63) is 54.1 Å². The van der Waals surface area contributed by atoms with Crippen molar-refractivity contribution in [2.24, 2.45) is 0 Å². The highest BCUT2D eigenvalue weighted by Crippen LogP contribution is 2.20. The molecule has 7 nitrogen and oxygen atoms in total. The van der Waals surface area contributed by atoms with Gasteiger partial charge in [0.1, 0.15) is 6.26 Å². The zero-order valence-electron chi connectivity index (χ0n) is 11.9. The molecule has 7 heteroatoms. The number of aromatic nitrogens is 3. The second kappa shape index (κ2) is 6.21. The van der Waals surface area contributed by atoms with Crippen molar-refractivity contribution in [3.8, 4) is 11.3 Å². The molecule has 0 bridgehead atoms. The van der Waals surface area contributed by atoms with Gasteiger partial charge in [0.2, 0.25) is 5.89 Å². The van der Waals surface area contributed by atoms with Gasteiger partial charge in [-0.25, -0.2) is 9.78 Å². The zero-order chi connectivity index (χ0) is 15.4. The molecule has 22 heavy (non-hydrogen) atoms. The van der Waals surface area contributed by atoms with Gasteiger partial charge in [-0.2, -0.15) is 0 Å². The monoisotopic (exact) mass is 299 g/mol. The molecule has 0 aliphatic heterocycles. The van der Waals surface area contributed by atoms with E-state index >= 15 is 0 Å². The first-order valence-electron chi connectivity index (χ1n) is 6.73. The summed E-state index contributed by atoms with van der Waals surface area (Å²) in [6, 6.07) is 5.45. The van der Waals surface area contributed by atoms with Crippen LogP contribution in [0.4, 0.5) is 0 Å². The SMILES string of the molecule is CCOC(=O)c1coc(Cc2cc(-c3ccncc3)on2)n1. The minimum atomic E-state index is -0.505. The minimum Gasteiger partial charge on any atom is -0.461 e. The van der Waals surface area contributed by atoms with Crippen molar-refractivity contribution in [2.45, 2.75) is 13.3 Å². The summed E-state index contributed by atoms with van der Waals surface area (Å²) in [5.74, 6) is 0.502. The molecule has 3 aromatic rings. The third-order valence-electron chi connectivity index (χ3n) is 2.89. The van der Waals surface area contributed by atoms with E-state index in [1.165, 1.54) is 6.26 Å². The van der Waals surface area contributed by atoms with Crippen molar-refractivity contribution in [1.29, 1.82) is 0 Å².